The molecule has 0 bridgehead atoms. The van der Waals surface area contributed by atoms with Crippen molar-refractivity contribution in [2.24, 2.45) is 0 Å². The number of hydrogen-bond acceptors (Lipinski definition) is 3. The van der Waals surface area contributed by atoms with Crippen LogP contribution in [0.4, 0.5) is 5.69 Å². The van der Waals surface area contributed by atoms with Crippen LogP contribution in [0.2, 0.25) is 0 Å². The highest BCUT2D eigenvalue weighted by Gasteiger charge is 2.12. The van der Waals surface area contributed by atoms with Crippen LogP contribution >= 0.6 is 0 Å². The first-order chi connectivity index (χ1) is 7.45. The highest BCUT2D eigenvalue weighted by molar-refractivity contribution is 5.76. The van der Waals surface area contributed by atoms with Gasteiger partial charge in [-0.15, -0.1) is 0 Å². The number of hydrogen-bond donors (Lipinski definition) is 2. The number of rotatable bonds is 3. The van der Waals surface area contributed by atoms with Gasteiger partial charge in [-0.05, 0) is 26.8 Å². The first-order valence-electron chi connectivity index (χ1n) is 5.10. The molecule has 0 aliphatic carbocycles. The van der Waals surface area contributed by atoms with Gasteiger partial charge in [0.15, 0.2) is 0 Å². The second kappa shape index (κ2) is 4.71. The van der Waals surface area contributed by atoms with E-state index in [1.54, 1.807) is 17.6 Å². The molecule has 0 fully saturated rings. The Morgan fingerprint density at radius 2 is 2.31 bits per heavy atom. The van der Waals surface area contributed by atoms with Crippen LogP contribution < -0.4 is 11.1 Å². The van der Waals surface area contributed by atoms with E-state index in [4.69, 9.17) is 11.0 Å². The summed E-state index contributed by atoms with van der Waals surface area (Å²) < 4.78 is 1.62. The largest absolute Gasteiger partial charge is 0.397 e. The van der Waals surface area contributed by atoms with E-state index in [9.17, 15) is 4.79 Å². The maximum atomic E-state index is 11.6. The fraction of sp³-hybridized carbons (Fsp3) is 0.455. The van der Waals surface area contributed by atoms with Crippen LogP contribution in [-0.2, 0) is 11.3 Å². The average molecular weight is 220 g/mol. The summed E-state index contributed by atoms with van der Waals surface area (Å²) in [4.78, 5) is 11.6. The Balaban J connectivity index is 2.89. The van der Waals surface area contributed by atoms with Gasteiger partial charge < -0.3 is 15.6 Å². The van der Waals surface area contributed by atoms with Crippen molar-refractivity contribution >= 4 is 11.6 Å². The van der Waals surface area contributed by atoms with Gasteiger partial charge in [0, 0.05) is 11.7 Å². The summed E-state index contributed by atoms with van der Waals surface area (Å²) in [6.45, 7) is 5.70. The molecule has 0 saturated carbocycles. The van der Waals surface area contributed by atoms with Crippen molar-refractivity contribution in [3.05, 3.63) is 17.5 Å². The highest BCUT2D eigenvalue weighted by atomic mass is 16.2. The van der Waals surface area contributed by atoms with Crippen LogP contribution in [0, 0.1) is 18.3 Å². The summed E-state index contributed by atoms with van der Waals surface area (Å²) in [5.41, 5.74) is 7.38. The highest BCUT2D eigenvalue weighted by Crippen LogP contribution is 2.16. The van der Waals surface area contributed by atoms with Gasteiger partial charge in [-0.2, -0.15) is 5.26 Å². The first kappa shape index (κ1) is 12.1. The summed E-state index contributed by atoms with van der Waals surface area (Å²) in [6, 6.07) is 3.69. The third-order valence-electron chi connectivity index (χ3n) is 2.27. The standard InChI is InChI=1S/C11H16N4O/c1-7(2)14-11(16)6-15-8(3)10(13)4-9(15)5-12/h4,7H,6,13H2,1-3H3,(H,14,16). The van der Waals surface area contributed by atoms with E-state index in [0.29, 0.717) is 11.4 Å². The zero-order chi connectivity index (χ0) is 12.3. The number of carbonyl (C=O) groups is 1. The SMILES string of the molecule is Cc1c(N)cc(C#N)n1CC(=O)NC(C)C. The smallest absolute Gasteiger partial charge is 0.240 e. The Kier molecular flexibility index (Phi) is 3.56. The molecule has 0 unspecified atom stereocenters. The number of nitrogen functional groups attached to an aromatic ring is 1. The second-order valence-electron chi connectivity index (χ2n) is 3.99. The Morgan fingerprint density at radius 3 is 2.81 bits per heavy atom. The van der Waals surface area contributed by atoms with Crippen molar-refractivity contribution in [1.29, 1.82) is 5.26 Å². The summed E-state index contributed by atoms with van der Waals surface area (Å²) in [5, 5.41) is 11.7. The number of aromatic nitrogens is 1. The van der Waals surface area contributed by atoms with Crippen molar-refractivity contribution in [2.45, 2.75) is 33.4 Å². The second-order valence-corrected chi connectivity index (χ2v) is 3.99. The van der Waals surface area contributed by atoms with E-state index in [1.807, 2.05) is 19.9 Å². The minimum Gasteiger partial charge on any atom is -0.397 e. The lowest BCUT2D eigenvalue weighted by Gasteiger charge is -2.11. The normalized spacial score (nSPS) is 10.2. The number of carbonyl (C=O) groups excluding carboxylic acids is 1. The Bertz CT molecular complexity index is 440. The lowest BCUT2D eigenvalue weighted by atomic mass is 10.4. The molecule has 5 heteroatoms. The Morgan fingerprint density at radius 1 is 1.69 bits per heavy atom. The minimum absolute atomic E-state index is 0.0891. The van der Waals surface area contributed by atoms with Gasteiger partial charge in [-0.3, -0.25) is 4.79 Å². The minimum atomic E-state index is -0.120. The van der Waals surface area contributed by atoms with Crippen LogP contribution in [0.1, 0.15) is 25.2 Å². The van der Waals surface area contributed by atoms with Crippen LogP contribution in [0.15, 0.2) is 6.07 Å². The van der Waals surface area contributed by atoms with Crippen molar-refractivity contribution in [1.82, 2.24) is 9.88 Å². The van der Waals surface area contributed by atoms with Gasteiger partial charge in [0.25, 0.3) is 0 Å². The molecule has 0 radical (unpaired) electrons. The molecule has 1 aromatic rings. The zero-order valence-electron chi connectivity index (χ0n) is 9.74. The third kappa shape index (κ3) is 2.54. The lowest BCUT2D eigenvalue weighted by molar-refractivity contribution is -0.122. The fourth-order valence-corrected chi connectivity index (χ4v) is 1.47. The van der Waals surface area contributed by atoms with Crippen LogP contribution in [-0.4, -0.2) is 16.5 Å². The molecule has 0 spiro atoms. The Hall–Kier alpha value is -1.96. The molecule has 0 aliphatic rings. The Labute approximate surface area is 94.8 Å². The van der Waals surface area contributed by atoms with E-state index < -0.39 is 0 Å². The summed E-state index contributed by atoms with van der Waals surface area (Å²) in [7, 11) is 0. The fourth-order valence-electron chi connectivity index (χ4n) is 1.47. The molecule has 1 amide bonds. The summed E-state index contributed by atoms with van der Waals surface area (Å²) >= 11 is 0. The molecule has 3 N–H and O–H groups in total. The van der Waals surface area contributed by atoms with Gasteiger partial charge in [0.05, 0.1) is 5.69 Å². The van der Waals surface area contributed by atoms with E-state index in [-0.39, 0.29) is 18.5 Å². The van der Waals surface area contributed by atoms with Crippen molar-refractivity contribution < 1.29 is 4.79 Å². The molecule has 0 saturated heterocycles. The molecule has 86 valence electrons. The van der Waals surface area contributed by atoms with Crippen LogP contribution in [0.3, 0.4) is 0 Å². The maximum Gasteiger partial charge on any atom is 0.240 e. The quantitative estimate of drug-likeness (QED) is 0.789. The maximum absolute atomic E-state index is 11.6. The molecule has 0 atom stereocenters. The number of amides is 1. The van der Waals surface area contributed by atoms with Gasteiger partial charge in [0.2, 0.25) is 5.91 Å². The molecule has 16 heavy (non-hydrogen) atoms. The molecule has 0 aliphatic heterocycles. The number of nitrogens with one attached hydrogen (secondary N) is 1. The molecule has 5 nitrogen and oxygen atoms in total. The van der Waals surface area contributed by atoms with Gasteiger partial charge >= 0.3 is 0 Å². The zero-order valence-corrected chi connectivity index (χ0v) is 9.74. The number of nitriles is 1. The van der Waals surface area contributed by atoms with E-state index in [0.717, 1.165) is 5.69 Å². The van der Waals surface area contributed by atoms with E-state index >= 15 is 0 Å². The molecular formula is C11H16N4O. The lowest BCUT2D eigenvalue weighted by Crippen LogP contribution is -2.33. The molecule has 1 aromatic heterocycles. The number of anilines is 1. The van der Waals surface area contributed by atoms with Gasteiger partial charge in [-0.25, -0.2) is 0 Å². The van der Waals surface area contributed by atoms with Crippen molar-refractivity contribution in [2.75, 3.05) is 5.73 Å². The number of nitrogens with two attached hydrogens (primary N) is 1. The van der Waals surface area contributed by atoms with Crippen LogP contribution in [0.25, 0.3) is 0 Å². The van der Waals surface area contributed by atoms with E-state index in [1.165, 1.54) is 0 Å². The van der Waals surface area contributed by atoms with Gasteiger partial charge in [-0.1, -0.05) is 0 Å². The molecule has 0 aromatic carbocycles. The predicted octanol–water partition coefficient (Wildman–Crippen LogP) is 0.775. The third-order valence-corrected chi connectivity index (χ3v) is 2.27. The molecular weight excluding hydrogens is 204 g/mol. The average Bonchev–Trinajstić information content (AvgIpc) is 2.44. The summed E-state index contributed by atoms with van der Waals surface area (Å²) in [5.74, 6) is -0.120. The molecule has 1 rings (SSSR count). The van der Waals surface area contributed by atoms with E-state index in [2.05, 4.69) is 5.32 Å². The van der Waals surface area contributed by atoms with Gasteiger partial charge in [0.1, 0.15) is 18.3 Å². The van der Waals surface area contributed by atoms with Crippen molar-refractivity contribution in [3.8, 4) is 6.07 Å². The number of nitrogens with zero attached hydrogens (tertiary/aromatic N) is 2. The summed E-state index contributed by atoms with van der Waals surface area (Å²) in [6.07, 6.45) is 0. The monoisotopic (exact) mass is 220 g/mol. The topological polar surface area (TPSA) is 83.8 Å². The first-order valence-corrected chi connectivity index (χ1v) is 5.10. The molecule has 1 heterocycles. The van der Waals surface area contributed by atoms with Crippen LogP contribution in [0.5, 0.6) is 0 Å². The van der Waals surface area contributed by atoms with Crippen molar-refractivity contribution in [3.63, 3.8) is 0 Å². The predicted molar refractivity (Wildman–Crippen MR) is 61.6 cm³/mol.